The molecule has 0 aliphatic rings. The zero-order chi connectivity index (χ0) is 17.5. The van der Waals surface area contributed by atoms with Gasteiger partial charge >= 0.3 is 6.03 Å². The molecule has 2 aromatic rings. The summed E-state index contributed by atoms with van der Waals surface area (Å²) in [7, 11) is 5.95. The normalized spacial score (nSPS) is 9.83. The first-order valence-electron chi connectivity index (χ1n) is 7.14. The fourth-order valence-corrected chi connectivity index (χ4v) is 2.23. The number of urea groups is 1. The van der Waals surface area contributed by atoms with E-state index < -0.39 is 6.03 Å². The van der Waals surface area contributed by atoms with Gasteiger partial charge in [-0.3, -0.25) is 0 Å². The number of amides is 2. The first kappa shape index (κ1) is 17.3. The highest BCUT2D eigenvalue weighted by atomic mass is 16.5. The fraction of sp³-hybridized carbons (Fsp3) is 0.235. The molecule has 2 N–H and O–H groups in total. The number of carbonyl (C=O) groups excluding carboxylic acids is 1. The van der Waals surface area contributed by atoms with Gasteiger partial charge in [-0.2, -0.15) is 0 Å². The molecule has 2 amide bonds. The van der Waals surface area contributed by atoms with E-state index in [9.17, 15) is 4.79 Å². The average molecular weight is 332 g/mol. The van der Waals surface area contributed by atoms with E-state index in [1.807, 2.05) is 18.2 Å². The molecule has 0 fully saturated rings. The third-order valence-electron chi connectivity index (χ3n) is 3.27. The first-order valence-corrected chi connectivity index (χ1v) is 7.14. The zero-order valence-corrected chi connectivity index (χ0v) is 14.0. The van der Waals surface area contributed by atoms with Crippen LogP contribution in [0, 0.1) is 0 Å². The number of rotatable bonds is 6. The van der Waals surface area contributed by atoms with Crippen LogP contribution < -0.4 is 29.6 Å². The molecule has 0 radical (unpaired) electrons. The van der Waals surface area contributed by atoms with Crippen LogP contribution in [0.2, 0.25) is 0 Å². The van der Waals surface area contributed by atoms with Gasteiger partial charge in [-0.15, -0.1) is 0 Å². The maximum atomic E-state index is 12.2. The largest absolute Gasteiger partial charge is 0.493 e. The smallest absolute Gasteiger partial charge is 0.323 e. The molecule has 0 saturated carbocycles. The van der Waals surface area contributed by atoms with Gasteiger partial charge in [0.15, 0.2) is 11.5 Å². The number of hydrogen-bond acceptors (Lipinski definition) is 5. The van der Waals surface area contributed by atoms with Crippen LogP contribution in [0.1, 0.15) is 0 Å². The summed E-state index contributed by atoms with van der Waals surface area (Å²) in [5.74, 6) is 1.45. The monoisotopic (exact) mass is 332 g/mol. The Bertz CT molecular complexity index is 704. The number of carbonyl (C=O) groups is 1. The van der Waals surface area contributed by atoms with Crippen molar-refractivity contribution in [2.45, 2.75) is 0 Å². The van der Waals surface area contributed by atoms with Crippen molar-refractivity contribution in [3.8, 4) is 23.0 Å². The van der Waals surface area contributed by atoms with Crippen LogP contribution in [0.15, 0.2) is 36.4 Å². The van der Waals surface area contributed by atoms with Gasteiger partial charge in [-0.1, -0.05) is 18.2 Å². The molecule has 7 nitrogen and oxygen atoms in total. The van der Waals surface area contributed by atoms with Gasteiger partial charge in [-0.05, 0) is 12.1 Å². The molecule has 0 atom stereocenters. The van der Waals surface area contributed by atoms with E-state index in [1.54, 1.807) is 18.2 Å². The molecule has 128 valence electrons. The molecule has 2 rings (SSSR count). The Morgan fingerprint density at radius 2 is 1.42 bits per heavy atom. The van der Waals surface area contributed by atoms with Gasteiger partial charge in [0.1, 0.15) is 0 Å². The molecule has 0 heterocycles. The fourth-order valence-electron chi connectivity index (χ4n) is 2.23. The number of hydrogen-bond donors (Lipinski definition) is 2. The SMILES string of the molecule is COc1cc(NC(=O)Nc2ccccc2)c(OC)c(OC)c1OC. The minimum Gasteiger partial charge on any atom is -0.493 e. The molecular formula is C17H20N2O5. The van der Waals surface area contributed by atoms with E-state index in [0.717, 1.165) is 0 Å². The predicted octanol–water partition coefficient (Wildman–Crippen LogP) is 3.37. The molecule has 2 aromatic carbocycles. The molecule has 24 heavy (non-hydrogen) atoms. The van der Waals surface area contributed by atoms with Crippen LogP contribution in [0.4, 0.5) is 16.2 Å². The van der Waals surface area contributed by atoms with Crippen LogP contribution in [0.5, 0.6) is 23.0 Å². The topological polar surface area (TPSA) is 78.1 Å². The van der Waals surface area contributed by atoms with E-state index in [4.69, 9.17) is 18.9 Å². The van der Waals surface area contributed by atoms with Crippen molar-refractivity contribution in [1.29, 1.82) is 0 Å². The van der Waals surface area contributed by atoms with Crippen LogP contribution in [-0.4, -0.2) is 34.5 Å². The minimum absolute atomic E-state index is 0.328. The number of benzene rings is 2. The van der Waals surface area contributed by atoms with Crippen molar-refractivity contribution in [3.05, 3.63) is 36.4 Å². The van der Waals surface area contributed by atoms with Crippen LogP contribution in [-0.2, 0) is 0 Å². The average Bonchev–Trinajstić information content (AvgIpc) is 2.61. The maximum Gasteiger partial charge on any atom is 0.323 e. The van der Waals surface area contributed by atoms with Crippen molar-refractivity contribution in [2.75, 3.05) is 39.1 Å². The first-order chi connectivity index (χ1) is 11.6. The standard InChI is InChI=1S/C17H20N2O5/c1-21-13-10-12(14(22-2)16(24-4)15(13)23-3)19-17(20)18-11-8-6-5-7-9-11/h5-10H,1-4H3,(H2,18,19,20). The highest BCUT2D eigenvalue weighted by Gasteiger charge is 2.22. The zero-order valence-electron chi connectivity index (χ0n) is 14.0. The lowest BCUT2D eigenvalue weighted by Gasteiger charge is -2.19. The molecule has 0 aliphatic heterocycles. The molecule has 7 heteroatoms. The summed E-state index contributed by atoms with van der Waals surface area (Å²) in [6.45, 7) is 0. The van der Waals surface area contributed by atoms with E-state index in [1.165, 1.54) is 28.4 Å². The van der Waals surface area contributed by atoms with E-state index in [-0.39, 0.29) is 0 Å². The quantitative estimate of drug-likeness (QED) is 0.848. The van der Waals surface area contributed by atoms with Crippen LogP contribution >= 0.6 is 0 Å². The molecule has 0 unspecified atom stereocenters. The van der Waals surface area contributed by atoms with Gasteiger partial charge in [-0.25, -0.2) is 4.79 Å². The summed E-state index contributed by atoms with van der Waals surface area (Å²) in [4.78, 5) is 12.2. The van der Waals surface area contributed by atoms with Crippen LogP contribution in [0.3, 0.4) is 0 Å². The summed E-state index contributed by atoms with van der Waals surface area (Å²) in [6, 6.07) is 10.3. The number of para-hydroxylation sites is 1. The van der Waals surface area contributed by atoms with Gasteiger partial charge in [0, 0.05) is 11.8 Å². The molecular weight excluding hydrogens is 312 g/mol. The highest BCUT2D eigenvalue weighted by molar-refractivity contribution is 6.01. The Hall–Kier alpha value is -3.09. The van der Waals surface area contributed by atoms with E-state index >= 15 is 0 Å². The third kappa shape index (κ3) is 3.62. The summed E-state index contributed by atoms with van der Waals surface area (Å²) in [6.07, 6.45) is 0. The van der Waals surface area contributed by atoms with Crippen molar-refractivity contribution >= 4 is 17.4 Å². The summed E-state index contributed by atoms with van der Waals surface area (Å²) >= 11 is 0. The summed E-state index contributed by atoms with van der Waals surface area (Å²) < 4.78 is 21.3. The molecule has 0 bridgehead atoms. The van der Waals surface area contributed by atoms with E-state index in [2.05, 4.69) is 10.6 Å². The predicted molar refractivity (Wildman–Crippen MR) is 91.7 cm³/mol. The second kappa shape index (κ2) is 7.96. The van der Waals surface area contributed by atoms with Crippen molar-refractivity contribution in [2.24, 2.45) is 0 Å². The molecule has 0 aliphatic carbocycles. The number of ether oxygens (including phenoxy) is 4. The van der Waals surface area contributed by atoms with Crippen LogP contribution in [0.25, 0.3) is 0 Å². The second-order valence-electron chi connectivity index (χ2n) is 4.67. The Kier molecular flexibility index (Phi) is 5.73. The van der Waals surface area contributed by atoms with Crippen molar-refractivity contribution in [1.82, 2.24) is 0 Å². The minimum atomic E-state index is -0.422. The van der Waals surface area contributed by atoms with Crippen molar-refractivity contribution in [3.63, 3.8) is 0 Å². The number of methoxy groups -OCH3 is 4. The highest BCUT2D eigenvalue weighted by Crippen LogP contribution is 2.48. The molecule has 0 aromatic heterocycles. The van der Waals surface area contributed by atoms with E-state index in [0.29, 0.717) is 34.4 Å². The van der Waals surface area contributed by atoms with Gasteiger partial charge in [0.25, 0.3) is 0 Å². The Labute approximate surface area is 140 Å². The summed E-state index contributed by atoms with van der Waals surface area (Å²) in [5.41, 5.74) is 1.06. The molecule has 0 saturated heterocycles. The maximum absolute atomic E-state index is 12.2. The molecule has 0 spiro atoms. The lowest BCUT2D eigenvalue weighted by molar-refractivity contribution is 0.262. The Balaban J connectivity index is 2.33. The lowest BCUT2D eigenvalue weighted by Crippen LogP contribution is -2.20. The number of anilines is 2. The summed E-state index contributed by atoms with van der Waals surface area (Å²) in [5, 5.41) is 5.45. The van der Waals surface area contributed by atoms with Gasteiger partial charge in [0.2, 0.25) is 11.5 Å². The lowest BCUT2D eigenvalue weighted by atomic mass is 10.2. The van der Waals surface area contributed by atoms with Gasteiger partial charge in [0.05, 0.1) is 34.1 Å². The number of nitrogens with one attached hydrogen (secondary N) is 2. The van der Waals surface area contributed by atoms with Gasteiger partial charge < -0.3 is 29.6 Å². The second-order valence-corrected chi connectivity index (χ2v) is 4.67. The Morgan fingerprint density at radius 3 is 1.96 bits per heavy atom. The third-order valence-corrected chi connectivity index (χ3v) is 3.27. The Morgan fingerprint density at radius 1 is 0.792 bits per heavy atom. The van der Waals surface area contributed by atoms with Crippen molar-refractivity contribution < 1.29 is 23.7 Å².